The van der Waals surface area contributed by atoms with Crippen molar-refractivity contribution in [3.63, 3.8) is 0 Å². The van der Waals surface area contributed by atoms with Crippen LogP contribution in [0.5, 0.6) is 5.75 Å². The monoisotopic (exact) mass is 441 g/mol. The lowest BCUT2D eigenvalue weighted by Gasteiger charge is -2.32. The largest absolute Gasteiger partial charge is 0.497 e. The van der Waals surface area contributed by atoms with Crippen molar-refractivity contribution >= 4 is 26.8 Å². The van der Waals surface area contributed by atoms with E-state index >= 15 is 0 Å². The molecule has 0 unspecified atom stereocenters. The molecule has 0 bridgehead atoms. The number of hydrogen-bond acceptors (Lipinski definition) is 4. The zero-order chi connectivity index (χ0) is 22.0. The number of ether oxygens (including phenoxy) is 1. The van der Waals surface area contributed by atoms with Crippen molar-refractivity contribution < 1.29 is 17.9 Å². The van der Waals surface area contributed by atoms with E-state index in [2.05, 4.69) is 22.0 Å². The summed E-state index contributed by atoms with van der Waals surface area (Å²) in [6, 6.07) is 12.3. The molecule has 1 aliphatic rings. The molecule has 0 aliphatic carbocycles. The summed E-state index contributed by atoms with van der Waals surface area (Å²) in [4.78, 5) is 18.3. The van der Waals surface area contributed by atoms with Crippen LogP contribution in [0.4, 0.5) is 0 Å². The van der Waals surface area contributed by atoms with E-state index in [-0.39, 0.29) is 10.8 Å². The highest BCUT2D eigenvalue weighted by Gasteiger charge is 2.27. The van der Waals surface area contributed by atoms with Crippen molar-refractivity contribution in [2.45, 2.75) is 30.6 Å². The van der Waals surface area contributed by atoms with E-state index in [0.29, 0.717) is 31.1 Å². The molecule has 1 aliphatic heterocycles. The number of carbonyl (C=O) groups is 1. The second-order valence-electron chi connectivity index (χ2n) is 7.75. The zero-order valence-electron chi connectivity index (χ0n) is 17.7. The van der Waals surface area contributed by atoms with E-state index in [1.807, 2.05) is 17.0 Å². The maximum atomic E-state index is 13.0. The SMILES string of the molecule is CCNS(=O)(=O)c1cccc(C(=O)N2CCC(c3c[nH]c4ccc(OC)cc34)CC2)c1. The van der Waals surface area contributed by atoms with Gasteiger partial charge in [0.1, 0.15) is 5.75 Å². The number of aromatic amines is 1. The fourth-order valence-electron chi connectivity index (χ4n) is 4.23. The number of methoxy groups -OCH3 is 1. The van der Waals surface area contributed by atoms with Gasteiger partial charge in [-0.15, -0.1) is 0 Å². The summed E-state index contributed by atoms with van der Waals surface area (Å²) in [5, 5.41) is 1.16. The molecular formula is C23H27N3O4S. The van der Waals surface area contributed by atoms with Crippen molar-refractivity contribution in [1.29, 1.82) is 0 Å². The molecule has 31 heavy (non-hydrogen) atoms. The summed E-state index contributed by atoms with van der Waals surface area (Å²) in [7, 11) is -1.93. The molecule has 2 N–H and O–H groups in total. The Labute approximate surface area is 182 Å². The number of aromatic nitrogens is 1. The number of piperidine rings is 1. The van der Waals surface area contributed by atoms with Crippen LogP contribution in [-0.2, 0) is 10.0 Å². The zero-order valence-corrected chi connectivity index (χ0v) is 18.5. The van der Waals surface area contributed by atoms with Gasteiger partial charge in [-0.25, -0.2) is 13.1 Å². The molecule has 1 amide bonds. The number of fused-ring (bicyclic) bond motifs is 1. The molecule has 2 aromatic carbocycles. The number of amides is 1. The predicted molar refractivity (Wildman–Crippen MR) is 120 cm³/mol. The fraction of sp³-hybridized carbons (Fsp3) is 0.348. The molecule has 1 saturated heterocycles. The molecule has 2 heterocycles. The van der Waals surface area contributed by atoms with Gasteiger partial charge < -0.3 is 14.6 Å². The predicted octanol–water partition coefficient (Wildman–Crippen LogP) is 3.49. The van der Waals surface area contributed by atoms with Gasteiger partial charge in [-0.2, -0.15) is 0 Å². The van der Waals surface area contributed by atoms with Gasteiger partial charge in [-0.05, 0) is 60.7 Å². The van der Waals surface area contributed by atoms with Gasteiger partial charge in [-0.3, -0.25) is 4.79 Å². The molecule has 8 heteroatoms. The maximum absolute atomic E-state index is 13.0. The number of hydrogen-bond donors (Lipinski definition) is 2. The van der Waals surface area contributed by atoms with Crippen LogP contribution in [0.3, 0.4) is 0 Å². The van der Waals surface area contributed by atoms with Crippen molar-refractivity contribution in [2.24, 2.45) is 0 Å². The fourth-order valence-corrected chi connectivity index (χ4v) is 5.32. The number of nitrogens with zero attached hydrogens (tertiary/aromatic N) is 1. The standard InChI is InChI=1S/C23H27N3O4S/c1-3-25-31(28,29)19-6-4-5-17(13-19)23(27)26-11-9-16(10-12-26)21-15-24-22-8-7-18(30-2)14-20(21)22/h4-8,13-16,24-25H,3,9-12H2,1-2H3. The summed E-state index contributed by atoms with van der Waals surface area (Å²) < 4.78 is 32.4. The average molecular weight is 442 g/mol. The van der Waals surface area contributed by atoms with Gasteiger partial charge in [0.05, 0.1) is 12.0 Å². The Kier molecular flexibility index (Phi) is 6.02. The quantitative estimate of drug-likeness (QED) is 0.613. The summed E-state index contributed by atoms with van der Waals surface area (Å²) in [5.74, 6) is 1.05. The summed E-state index contributed by atoms with van der Waals surface area (Å²) in [6.45, 7) is 3.28. The van der Waals surface area contributed by atoms with Crippen LogP contribution >= 0.6 is 0 Å². The summed E-state index contributed by atoms with van der Waals surface area (Å²) >= 11 is 0. The minimum absolute atomic E-state index is 0.114. The molecule has 164 valence electrons. The Morgan fingerprint density at radius 3 is 2.68 bits per heavy atom. The maximum Gasteiger partial charge on any atom is 0.253 e. The van der Waals surface area contributed by atoms with Crippen LogP contribution in [-0.4, -0.2) is 51.0 Å². The topological polar surface area (TPSA) is 91.5 Å². The molecule has 1 fully saturated rings. The molecule has 0 atom stereocenters. The molecule has 7 nitrogen and oxygen atoms in total. The molecule has 1 aromatic heterocycles. The first kappa shape index (κ1) is 21.4. The van der Waals surface area contributed by atoms with Gasteiger partial charge >= 0.3 is 0 Å². The van der Waals surface area contributed by atoms with E-state index < -0.39 is 10.0 Å². The van der Waals surface area contributed by atoms with Crippen LogP contribution in [0.2, 0.25) is 0 Å². The summed E-state index contributed by atoms with van der Waals surface area (Å²) in [5.41, 5.74) is 2.72. The lowest BCUT2D eigenvalue weighted by Crippen LogP contribution is -2.38. The van der Waals surface area contributed by atoms with Gasteiger partial charge in [0, 0.05) is 42.3 Å². The number of rotatable bonds is 6. The third kappa shape index (κ3) is 4.31. The van der Waals surface area contributed by atoms with Crippen LogP contribution in [0, 0.1) is 0 Å². The molecule has 4 rings (SSSR count). The second kappa shape index (κ2) is 8.72. The first-order chi connectivity index (χ1) is 14.9. The number of likely N-dealkylation sites (tertiary alicyclic amines) is 1. The number of nitrogens with one attached hydrogen (secondary N) is 2. The number of benzene rings is 2. The van der Waals surface area contributed by atoms with E-state index in [9.17, 15) is 13.2 Å². The average Bonchev–Trinajstić information content (AvgIpc) is 3.22. The van der Waals surface area contributed by atoms with Crippen molar-refractivity contribution in [3.05, 3.63) is 59.8 Å². The van der Waals surface area contributed by atoms with Crippen LogP contribution < -0.4 is 9.46 Å². The Balaban J connectivity index is 1.48. The Bertz CT molecular complexity index is 1190. The highest BCUT2D eigenvalue weighted by Crippen LogP contribution is 2.35. The minimum Gasteiger partial charge on any atom is -0.497 e. The van der Waals surface area contributed by atoms with Crippen LogP contribution in [0.25, 0.3) is 10.9 Å². The Hall–Kier alpha value is -2.84. The first-order valence-corrected chi connectivity index (χ1v) is 11.9. The number of H-pyrrole nitrogens is 1. The lowest BCUT2D eigenvalue weighted by atomic mass is 9.89. The van der Waals surface area contributed by atoms with E-state index in [1.165, 1.54) is 17.7 Å². The van der Waals surface area contributed by atoms with E-state index in [1.54, 1.807) is 26.2 Å². The third-order valence-electron chi connectivity index (χ3n) is 5.87. The number of carbonyl (C=O) groups excluding carboxylic acids is 1. The third-order valence-corrected chi connectivity index (χ3v) is 7.41. The molecule has 3 aromatic rings. The van der Waals surface area contributed by atoms with Gasteiger partial charge in [0.25, 0.3) is 5.91 Å². The highest BCUT2D eigenvalue weighted by atomic mass is 32.2. The van der Waals surface area contributed by atoms with E-state index in [0.717, 1.165) is 29.5 Å². The van der Waals surface area contributed by atoms with E-state index in [4.69, 9.17) is 4.74 Å². The summed E-state index contributed by atoms with van der Waals surface area (Å²) in [6.07, 6.45) is 3.76. The van der Waals surface area contributed by atoms with Gasteiger partial charge in [0.2, 0.25) is 10.0 Å². The molecule has 0 radical (unpaired) electrons. The molecule has 0 saturated carbocycles. The van der Waals surface area contributed by atoms with Crippen molar-refractivity contribution in [1.82, 2.24) is 14.6 Å². The van der Waals surface area contributed by atoms with Gasteiger partial charge in [-0.1, -0.05) is 13.0 Å². The Morgan fingerprint density at radius 1 is 1.19 bits per heavy atom. The minimum atomic E-state index is -3.60. The van der Waals surface area contributed by atoms with Gasteiger partial charge in [0.15, 0.2) is 0 Å². The number of sulfonamides is 1. The van der Waals surface area contributed by atoms with Crippen LogP contribution in [0.15, 0.2) is 53.6 Å². The first-order valence-electron chi connectivity index (χ1n) is 10.5. The molecule has 0 spiro atoms. The molecular weight excluding hydrogens is 414 g/mol. The highest BCUT2D eigenvalue weighted by molar-refractivity contribution is 7.89. The normalized spacial score (nSPS) is 15.4. The van der Waals surface area contributed by atoms with Crippen LogP contribution in [0.1, 0.15) is 41.6 Å². The second-order valence-corrected chi connectivity index (χ2v) is 9.52. The lowest BCUT2D eigenvalue weighted by molar-refractivity contribution is 0.0713. The smallest absolute Gasteiger partial charge is 0.253 e. The Morgan fingerprint density at radius 2 is 1.97 bits per heavy atom. The van der Waals surface area contributed by atoms with Crippen molar-refractivity contribution in [2.75, 3.05) is 26.7 Å². The van der Waals surface area contributed by atoms with Crippen molar-refractivity contribution in [3.8, 4) is 5.75 Å².